The van der Waals surface area contributed by atoms with Crippen LogP contribution in [0.1, 0.15) is 48.0 Å². The fourth-order valence-corrected chi connectivity index (χ4v) is 3.33. The van der Waals surface area contributed by atoms with Crippen LogP contribution in [-0.2, 0) is 11.8 Å². The fraction of sp³-hybridized carbons (Fsp3) is 0.300. The highest BCUT2D eigenvalue weighted by atomic mass is 14.8. The van der Waals surface area contributed by atoms with Crippen molar-refractivity contribution in [2.75, 3.05) is 0 Å². The molecule has 0 atom stereocenters. The Labute approximate surface area is 136 Å². The number of nitrogens with zero attached hydrogens (tertiary/aromatic N) is 2. The Morgan fingerprint density at radius 1 is 1.26 bits per heavy atom. The largest absolute Gasteiger partial charge is 0.358 e. The molecule has 4 rings (SSSR count). The minimum Gasteiger partial charge on any atom is -0.358 e. The van der Waals surface area contributed by atoms with Crippen LogP contribution in [0.15, 0.2) is 36.4 Å². The first-order valence-electron chi connectivity index (χ1n) is 8.07. The summed E-state index contributed by atoms with van der Waals surface area (Å²) in [6.07, 6.45) is 3.23. The van der Waals surface area contributed by atoms with E-state index in [9.17, 15) is 0 Å². The molecule has 0 unspecified atom stereocenters. The summed E-state index contributed by atoms with van der Waals surface area (Å²) in [5.74, 6) is 0. The molecule has 1 N–H and O–H groups in total. The molecule has 0 saturated heterocycles. The smallest absolute Gasteiger partial charge is 0.140 e. The molecule has 1 aromatic carbocycles. The number of hydrogen-bond acceptors (Lipinski definition) is 2. The molecule has 3 heteroatoms. The van der Waals surface area contributed by atoms with Crippen LogP contribution in [0.3, 0.4) is 0 Å². The Balaban J connectivity index is 1.86. The Morgan fingerprint density at radius 2 is 2.09 bits per heavy atom. The van der Waals surface area contributed by atoms with Crippen molar-refractivity contribution in [1.29, 1.82) is 5.26 Å². The van der Waals surface area contributed by atoms with Crippen molar-refractivity contribution in [3.05, 3.63) is 64.6 Å². The Bertz CT molecular complexity index is 939. The first-order valence-corrected chi connectivity index (χ1v) is 8.07. The van der Waals surface area contributed by atoms with Gasteiger partial charge in [0, 0.05) is 34.1 Å². The minimum atomic E-state index is 0.273. The average molecular weight is 301 g/mol. The normalized spacial score (nSPS) is 15.5. The van der Waals surface area contributed by atoms with Crippen molar-refractivity contribution in [1.82, 2.24) is 9.97 Å². The summed E-state index contributed by atoms with van der Waals surface area (Å²) in [6.45, 7) is 4.45. The summed E-state index contributed by atoms with van der Waals surface area (Å²) >= 11 is 0. The van der Waals surface area contributed by atoms with Crippen LogP contribution in [-0.4, -0.2) is 9.97 Å². The first-order chi connectivity index (χ1) is 11.1. The number of rotatable bonds is 3. The van der Waals surface area contributed by atoms with Crippen LogP contribution in [0, 0.1) is 18.3 Å². The van der Waals surface area contributed by atoms with Crippen LogP contribution in [0.4, 0.5) is 0 Å². The molecule has 3 aromatic rings. The molecule has 1 fully saturated rings. The zero-order chi connectivity index (χ0) is 16.0. The van der Waals surface area contributed by atoms with Crippen LogP contribution in [0.25, 0.3) is 10.9 Å². The number of pyridine rings is 1. The molecule has 2 aromatic heterocycles. The molecule has 0 amide bonds. The summed E-state index contributed by atoms with van der Waals surface area (Å²) in [6, 6.07) is 14.4. The van der Waals surface area contributed by atoms with Gasteiger partial charge in [0.05, 0.1) is 0 Å². The topological polar surface area (TPSA) is 52.5 Å². The lowest BCUT2D eigenvalue weighted by atomic mass is 9.96. The quantitative estimate of drug-likeness (QED) is 0.780. The van der Waals surface area contributed by atoms with Gasteiger partial charge in [0.15, 0.2) is 0 Å². The molecule has 2 heterocycles. The summed E-state index contributed by atoms with van der Waals surface area (Å²) in [5, 5.41) is 10.3. The van der Waals surface area contributed by atoms with E-state index in [0.717, 1.165) is 12.1 Å². The maximum absolute atomic E-state index is 9.07. The van der Waals surface area contributed by atoms with E-state index < -0.39 is 0 Å². The van der Waals surface area contributed by atoms with Crippen molar-refractivity contribution in [2.45, 2.75) is 38.5 Å². The lowest BCUT2D eigenvalue weighted by Gasteiger charge is -2.10. The molecule has 1 aliphatic carbocycles. The number of nitrogens with one attached hydrogen (secondary N) is 1. The Hall–Kier alpha value is -2.60. The van der Waals surface area contributed by atoms with Gasteiger partial charge in [-0.25, -0.2) is 4.98 Å². The van der Waals surface area contributed by atoms with Crippen molar-refractivity contribution >= 4 is 10.9 Å². The molecule has 23 heavy (non-hydrogen) atoms. The number of aryl methyl sites for hydroxylation is 1. The predicted octanol–water partition coefficient (Wildman–Crippen LogP) is 4.39. The SMILES string of the molecule is Cc1ccc2c(Cc3cccc(C#N)n3)c(C3(C)CC3)[nH]c2c1. The summed E-state index contributed by atoms with van der Waals surface area (Å²) in [4.78, 5) is 8.12. The number of aromatic nitrogens is 2. The van der Waals surface area contributed by atoms with Gasteiger partial charge in [-0.1, -0.05) is 25.1 Å². The highest BCUT2D eigenvalue weighted by molar-refractivity contribution is 5.86. The van der Waals surface area contributed by atoms with Crippen molar-refractivity contribution in [3.63, 3.8) is 0 Å². The van der Waals surface area contributed by atoms with Crippen LogP contribution in [0.5, 0.6) is 0 Å². The van der Waals surface area contributed by atoms with Gasteiger partial charge in [-0.15, -0.1) is 0 Å². The monoisotopic (exact) mass is 301 g/mol. The van der Waals surface area contributed by atoms with E-state index in [1.807, 2.05) is 12.1 Å². The third-order valence-electron chi connectivity index (χ3n) is 4.94. The molecule has 1 aliphatic rings. The molecule has 3 nitrogen and oxygen atoms in total. The van der Waals surface area contributed by atoms with Gasteiger partial charge in [0.2, 0.25) is 0 Å². The molecule has 0 bridgehead atoms. The highest BCUT2D eigenvalue weighted by Crippen LogP contribution is 2.50. The fourth-order valence-electron chi connectivity index (χ4n) is 3.33. The molecule has 1 saturated carbocycles. The van der Waals surface area contributed by atoms with Gasteiger partial charge >= 0.3 is 0 Å². The average Bonchev–Trinajstić information content (AvgIpc) is 3.20. The number of hydrogen-bond donors (Lipinski definition) is 1. The Morgan fingerprint density at radius 3 is 2.83 bits per heavy atom. The second-order valence-electron chi connectivity index (χ2n) is 6.89. The lowest BCUT2D eigenvalue weighted by Crippen LogP contribution is -2.05. The highest BCUT2D eigenvalue weighted by Gasteiger charge is 2.42. The zero-order valence-corrected chi connectivity index (χ0v) is 13.5. The molecule has 0 spiro atoms. The van der Waals surface area contributed by atoms with Crippen LogP contribution < -0.4 is 0 Å². The molecule has 0 radical (unpaired) electrons. The third kappa shape index (κ3) is 2.41. The van der Waals surface area contributed by atoms with E-state index in [1.54, 1.807) is 6.07 Å². The number of aromatic amines is 1. The van der Waals surface area contributed by atoms with E-state index in [1.165, 1.54) is 40.6 Å². The van der Waals surface area contributed by atoms with Crippen molar-refractivity contribution in [2.24, 2.45) is 0 Å². The predicted molar refractivity (Wildman–Crippen MR) is 91.4 cm³/mol. The third-order valence-corrected chi connectivity index (χ3v) is 4.94. The van der Waals surface area contributed by atoms with E-state index in [-0.39, 0.29) is 5.41 Å². The summed E-state index contributed by atoms with van der Waals surface area (Å²) in [7, 11) is 0. The Kier molecular flexibility index (Phi) is 3.02. The number of fused-ring (bicyclic) bond motifs is 1. The van der Waals surface area contributed by atoms with E-state index in [0.29, 0.717) is 5.69 Å². The van der Waals surface area contributed by atoms with Crippen molar-refractivity contribution < 1.29 is 0 Å². The second-order valence-corrected chi connectivity index (χ2v) is 6.89. The zero-order valence-electron chi connectivity index (χ0n) is 13.5. The van der Waals surface area contributed by atoms with Gasteiger partial charge in [0.25, 0.3) is 0 Å². The van der Waals surface area contributed by atoms with Gasteiger partial charge in [-0.3, -0.25) is 0 Å². The maximum Gasteiger partial charge on any atom is 0.140 e. The van der Waals surface area contributed by atoms with E-state index >= 15 is 0 Å². The number of H-pyrrole nitrogens is 1. The lowest BCUT2D eigenvalue weighted by molar-refractivity contribution is 0.748. The summed E-state index contributed by atoms with van der Waals surface area (Å²) in [5.41, 5.74) is 6.87. The molecule has 0 aliphatic heterocycles. The van der Waals surface area contributed by atoms with Crippen LogP contribution in [0.2, 0.25) is 0 Å². The number of nitriles is 1. The van der Waals surface area contributed by atoms with Crippen LogP contribution >= 0.6 is 0 Å². The van der Waals surface area contributed by atoms with E-state index in [2.05, 4.69) is 48.1 Å². The van der Waals surface area contributed by atoms with Gasteiger partial charge in [-0.2, -0.15) is 5.26 Å². The molecular weight excluding hydrogens is 282 g/mol. The molecular formula is C20H19N3. The standard InChI is InChI=1S/C20H19N3/c1-13-6-7-16-17(11-14-4-3-5-15(12-21)22-14)19(20(2)8-9-20)23-18(16)10-13/h3-7,10,23H,8-9,11H2,1-2H3. The molecule has 114 valence electrons. The summed E-state index contributed by atoms with van der Waals surface area (Å²) < 4.78 is 0. The van der Waals surface area contributed by atoms with E-state index in [4.69, 9.17) is 5.26 Å². The number of benzene rings is 1. The van der Waals surface area contributed by atoms with Gasteiger partial charge in [-0.05, 0) is 49.1 Å². The van der Waals surface area contributed by atoms with Gasteiger partial charge < -0.3 is 4.98 Å². The second kappa shape index (κ2) is 4.96. The van der Waals surface area contributed by atoms with Crippen molar-refractivity contribution in [3.8, 4) is 6.07 Å². The first kappa shape index (κ1) is 14.0. The minimum absolute atomic E-state index is 0.273. The van der Waals surface area contributed by atoms with Gasteiger partial charge in [0.1, 0.15) is 11.8 Å². The maximum atomic E-state index is 9.07.